The number of carboxylic acid groups (broad SMARTS) is 1. The molecular formula is C31H28N4O5. The number of rotatable bonds is 6. The quantitative estimate of drug-likeness (QED) is 0.311. The van der Waals surface area contributed by atoms with Gasteiger partial charge >= 0.3 is 12.0 Å². The number of hydrogen-bond donors (Lipinski definition) is 3. The Morgan fingerprint density at radius 2 is 1.70 bits per heavy atom. The van der Waals surface area contributed by atoms with Crippen molar-refractivity contribution in [2.75, 3.05) is 11.4 Å². The summed E-state index contributed by atoms with van der Waals surface area (Å²) in [5.41, 5.74) is 5.01. The fourth-order valence-electron chi connectivity index (χ4n) is 5.82. The van der Waals surface area contributed by atoms with E-state index < -0.39 is 42.4 Å². The second-order valence-corrected chi connectivity index (χ2v) is 10.5. The van der Waals surface area contributed by atoms with Crippen molar-refractivity contribution in [3.63, 3.8) is 0 Å². The lowest BCUT2D eigenvalue weighted by Crippen LogP contribution is -2.44. The Morgan fingerprint density at radius 3 is 2.42 bits per heavy atom. The number of para-hydroxylation sites is 2. The van der Waals surface area contributed by atoms with Gasteiger partial charge in [0.1, 0.15) is 18.6 Å². The zero-order valence-electron chi connectivity index (χ0n) is 22.0. The summed E-state index contributed by atoms with van der Waals surface area (Å²) in [6, 6.07) is 20.4. The maximum atomic E-state index is 14.2. The third-order valence-electron chi connectivity index (χ3n) is 7.76. The van der Waals surface area contributed by atoms with Crippen LogP contribution in [-0.2, 0) is 16.0 Å². The number of amides is 4. The van der Waals surface area contributed by atoms with E-state index in [4.69, 9.17) is 5.11 Å². The summed E-state index contributed by atoms with van der Waals surface area (Å²) in [4.78, 5) is 58.2. The molecular weight excluding hydrogens is 508 g/mol. The first-order valence-electron chi connectivity index (χ1n) is 13.2. The molecule has 3 heterocycles. The molecule has 1 unspecified atom stereocenters. The molecule has 0 bridgehead atoms. The molecule has 1 aromatic heterocycles. The molecule has 202 valence electrons. The summed E-state index contributed by atoms with van der Waals surface area (Å²) >= 11 is 0. The lowest BCUT2D eigenvalue weighted by Gasteiger charge is -2.36. The van der Waals surface area contributed by atoms with E-state index in [0.29, 0.717) is 12.3 Å². The summed E-state index contributed by atoms with van der Waals surface area (Å²) < 4.78 is 0. The largest absolute Gasteiger partial charge is 0.480 e. The lowest BCUT2D eigenvalue weighted by atomic mass is 9.88. The van der Waals surface area contributed by atoms with E-state index in [1.165, 1.54) is 17.7 Å². The van der Waals surface area contributed by atoms with E-state index >= 15 is 0 Å². The fraction of sp³-hybridized carbons (Fsp3) is 0.226. The van der Waals surface area contributed by atoms with Crippen molar-refractivity contribution in [2.24, 2.45) is 0 Å². The lowest BCUT2D eigenvalue weighted by molar-refractivity contribution is -0.135. The highest BCUT2D eigenvalue weighted by molar-refractivity contribution is 6.24. The number of aromatic nitrogens is 1. The van der Waals surface area contributed by atoms with Crippen LogP contribution in [0.25, 0.3) is 10.9 Å². The summed E-state index contributed by atoms with van der Waals surface area (Å²) in [5.74, 6) is -1.97. The van der Waals surface area contributed by atoms with E-state index in [9.17, 15) is 19.2 Å². The van der Waals surface area contributed by atoms with Crippen molar-refractivity contribution < 1.29 is 24.3 Å². The molecule has 3 N–H and O–H groups in total. The second kappa shape index (κ2) is 9.68. The smallest absolute Gasteiger partial charge is 0.332 e. The Labute approximate surface area is 230 Å². The Balaban J connectivity index is 1.46. The molecule has 0 aliphatic carbocycles. The zero-order valence-corrected chi connectivity index (χ0v) is 22.0. The number of fused-ring (bicyclic) bond motifs is 4. The van der Waals surface area contributed by atoms with Crippen LogP contribution in [0.2, 0.25) is 0 Å². The van der Waals surface area contributed by atoms with Gasteiger partial charge in [0.2, 0.25) is 0 Å². The number of hydrogen-bond acceptors (Lipinski definition) is 4. The predicted molar refractivity (Wildman–Crippen MR) is 149 cm³/mol. The maximum absolute atomic E-state index is 14.2. The summed E-state index contributed by atoms with van der Waals surface area (Å²) in [5, 5.41) is 12.3. The number of nitrogens with one attached hydrogen (secondary N) is 2. The number of anilines is 1. The number of H-pyrrole nitrogens is 1. The van der Waals surface area contributed by atoms with E-state index in [-0.39, 0.29) is 11.3 Å². The third kappa shape index (κ3) is 4.02. The number of carboxylic acids is 1. The number of benzene rings is 3. The molecule has 1 saturated heterocycles. The van der Waals surface area contributed by atoms with Crippen LogP contribution < -0.4 is 10.2 Å². The number of aliphatic carboxylic acids is 1. The molecule has 40 heavy (non-hydrogen) atoms. The number of nitrogens with zero attached hydrogens (tertiary/aromatic N) is 2. The highest BCUT2D eigenvalue weighted by atomic mass is 16.4. The van der Waals surface area contributed by atoms with Crippen LogP contribution in [0.1, 0.15) is 58.5 Å². The Morgan fingerprint density at radius 1 is 1.00 bits per heavy atom. The van der Waals surface area contributed by atoms with Crippen LogP contribution in [0.4, 0.5) is 10.5 Å². The number of imide groups is 1. The van der Waals surface area contributed by atoms with Crippen LogP contribution in [0.3, 0.4) is 0 Å². The molecule has 0 radical (unpaired) electrons. The van der Waals surface area contributed by atoms with Crippen molar-refractivity contribution in [3.05, 3.63) is 101 Å². The van der Waals surface area contributed by atoms with Gasteiger partial charge in [0.25, 0.3) is 11.8 Å². The normalized spacial score (nSPS) is 18.3. The molecule has 0 saturated carbocycles. The molecule has 0 spiro atoms. The summed E-state index contributed by atoms with van der Waals surface area (Å²) in [7, 11) is 0. The highest BCUT2D eigenvalue weighted by Crippen LogP contribution is 2.45. The first-order valence-corrected chi connectivity index (χ1v) is 13.2. The van der Waals surface area contributed by atoms with Crippen molar-refractivity contribution in [1.82, 2.24) is 15.2 Å². The monoisotopic (exact) mass is 536 g/mol. The van der Waals surface area contributed by atoms with Gasteiger partial charge in [-0.3, -0.25) is 19.3 Å². The van der Waals surface area contributed by atoms with Gasteiger partial charge in [0.05, 0.1) is 11.3 Å². The van der Waals surface area contributed by atoms with Crippen LogP contribution >= 0.6 is 0 Å². The molecule has 2 atom stereocenters. The first kappa shape index (κ1) is 25.4. The summed E-state index contributed by atoms with van der Waals surface area (Å²) in [6.07, 6.45) is 0.328. The third-order valence-corrected chi connectivity index (χ3v) is 7.76. The van der Waals surface area contributed by atoms with Crippen LogP contribution in [0.15, 0.2) is 72.8 Å². The standard InChI is InChI=1S/C31H28N4O5/c1-17(2)18-11-13-19(14-12-18)28-27-22(20-7-3-5-9-23(20)33-27)15-25-30(39)35(31(40)34(25)28)24-10-6-4-8-21(24)29(38)32-16-26(36)37/h3-14,17,25,28,33H,15-16H2,1-2H3,(H,32,38)(H,36,37)/t25-,28?/m0/s1. The number of carbonyl (C=O) groups excluding carboxylic acids is 3. The molecule has 2 aliphatic heterocycles. The van der Waals surface area contributed by atoms with Gasteiger partial charge in [-0.05, 0) is 40.8 Å². The molecule has 4 amide bonds. The van der Waals surface area contributed by atoms with Crippen molar-refractivity contribution in [2.45, 2.75) is 38.3 Å². The van der Waals surface area contributed by atoms with E-state index in [2.05, 4.69) is 24.1 Å². The average Bonchev–Trinajstić information content (AvgIpc) is 3.44. The molecule has 1 fully saturated rings. The van der Waals surface area contributed by atoms with Gasteiger partial charge in [0.15, 0.2) is 0 Å². The minimum Gasteiger partial charge on any atom is -0.480 e. The van der Waals surface area contributed by atoms with Crippen LogP contribution in [0.5, 0.6) is 0 Å². The molecule has 9 heteroatoms. The van der Waals surface area contributed by atoms with E-state index in [1.54, 1.807) is 17.0 Å². The van der Waals surface area contributed by atoms with Crippen LogP contribution in [-0.4, -0.2) is 51.4 Å². The number of urea groups is 1. The van der Waals surface area contributed by atoms with Gasteiger partial charge in [-0.25, -0.2) is 9.69 Å². The molecule has 2 aliphatic rings. The molecule has 9 nitrogen and oxygen atoms in total. The number of carbonyl (C=O) groups is 4. The van der Waals surface area contributed by atoms with Crippen molar-refractivity contribution >= 4 is 40.4 Å². The Bertz CT molecular complexity index is 1670. The van der Waals surface area contributed by atoms with Gasteiger partial charge < -0.3 is 15.4 Å². The molecule has 4 aromatic rings. The Hall–Kier alpha value is -4.92. The van der Waals surface area contributed by atoms with Gasteiger partial charge in [-0.1, -0.05) is 68.4 Å². The predicted octanol–water partition coefficient (Wildman–Crippen LogP) is 4.59. The minimum absolute atomic E-state index is 0.0482. The molecule has 6 rings (SSSR count). The highest BCUT2D eigenvalue weighted by Gasteiger charge is 2.53. The maximum Gasteiger partial charge on any atom is 0.332 e. The van der Waals surface area contributed by atoms with Crippen LogP contribution in [0, 0.1) is 0 Å². The Kier molecular flexibility index (Phi) is 6.14. The summed E-state index contributed by atoms with van der Waals surface area (Å²) in [6.45, 7) is 3.65. The minimum atomic E-state index is -1.20. The van der Waals surface area contributed by atoms with Crippen molar-refractivity contribution in [3.8, 4) is 0 Å². The topological polar surface area (TPSA) is 123 Å². The van der Waals surface area contributed by atoms with E-state index in [0.717, 1.165) is 32.6 Å². The van der Waals surface area contributed by atoms with E-state index in [1.807, 2.05) is 48.5 Å². The fourth-order valence-corrected chi connectivity index (χ4v) is 5.82. The molecule has 3 aromatic carbocycles. The first-order chi connectivity index (χ1) is 19.3. The zero-order chi connectivity index (χ0) is 28.1. The van der Waals surface area contributed by atoms with Gasteiger partial charge in [-0.2, -0.15) is 0 Å². The second-order valence-electron chi connectivity index (χ2n) is 10.5. The van der Waals surface area contributed by atoms with Gasteiger partial charge in [0, 0.05) is 23.0 Å². The average molecular weight is 537 g/mol. The number of aromatic amines is 1. The van der Waals surface area contributed by atoms with Gasteiger partial charge in [-0.15, -0.1) is 0 Å². The SMILES string of the molecule is CC(C)c1ccc(C2c3[nH]c4ccccc4c3C[C@H]3C(=O)N(c4ccccc4C(=O)NCC(=O)O)C(=O)N23)cc1. The van der Waals surface area contributed by atoms with Crippen molar-refractivity contribution in [1.29, 1.82) is 0 Å².